The van der Waals surface area contributed by atoms with E-state index < -0.39 is 0 Å². The van der Waals surface area contributed by atoms with Crippen LogP contribution in [0.4, 0.5) is 11.4 Å². The lowest BCUT2D eigenvalue weighted by molar-refractivity contribution is -0.120. The van der Waals surface area contributed by atoms with Crippen molar-refractivity contribution in [2.75, 3.05) is 10.2 Å². The second kappa shape index (κ2) is 8.44. The van der Waals surface area contributed by atoms with Crippen molar-refractivity contribution in [3.8, 4) is 0 Å². The normalized spacial score (nSPS) is 13.9. The van der Waals surface area contributed by atoms with Crippen molar-refractivity contribution in [2.45, 2.75) is 32.6 Å². The molecule has 0 aliphatic carbocycles. The van der Waals surface area contributed by atoms with Gasteiger partial charge in [-0.2, -0.15) is 0 Å². The summed E-state index contributed by atoms with van der Waals surface area (Å²) < 4.78 is 0. The summed E-state index contributed by atoms with van der Waals surface area (Å²) in [4.78, 5) is 29.5. The van der Waals surface area contributed by atoms with Crippen molar-refractivity contribution in [1.82, 2.24) is 0 Å². The van der Waals surface area contributed by atoms with E-state index in [1.165, 1.54) is 16.7 Å². The Labute approximate surface area is 187 Å². The van der Waals surface area contributed by atoms with Crippen LogP contribution in [0.5, 0.6) is 0 Å². The van der Waals surface area contributed by atoms with Crippen LogP contribution in [0, 0.1) is 27.7 Å². The molecule has 0 spiro atoms. The van der Waals surface area contributed by atoms with Gasteiger partial charge in [0.05, 0.1) is 5.69 Å². The molecule has 0 unspecified atom stereocenters. The summed E-state index contributed by atoms with van der Waals surface area (Å²) >= 11 is 1.32. The molecule has 2 amide bonds. The van der Waals surface area contributed by atoms with Crippen molar-refractivity contribution in [2.24, 2.45) is 0 Å². The van der Waals surface area contributed by atoms with E-state index >= 15 is 0 Å². The number of nitrogens with zero attached hydrogens (tertiary/aromatic N) is 1. The number of rotatable bonds is 5. The van der Waals surface area contributed by atoms with Crippen LogP contribution in [0.25, 0.3) is 0 Å². The number of imide groups is 1. The van der Waals surface area contributed by atoms with E-state index in [0.717, 1.165) is 32.8 Å². The fourth-order valence-electron chi connectivity index (χ4n) is 3.60. The maximum Gasteiger partial charge on any atom is 0.283 e. The molecular weight excluding hydrogens is 404 g/mol. The van der Waals surface area contributed by atoms with E-state index in [0.29, 0.717) is 16.3 Å². The zero-order valence-electron chi connectivity index (χ0n) is 18.0. The van der Waals surface area contributed by atoms with Gasteiger partial charge in [-0.1, -0.05) is 53.7 Å². The molecule has 5 heteroatoms. The molecule has 3 aromatic carbocycles. The number of para-hydroxylation sites is 1. The molecule has 0 saturated carbocycles. The first-order valence-corrected chi connectivity index (χ1v) is 10.9. The summed E-state index contributed by atoms with van der Waals surface area (Å²) in [5, 5.41) is 3.25. The number of thioether (sulfide) groups is 1. The highest BCUT2D eigenvalue weighted by molar-refractivity contribution is 8.04. The van der Waals surface area contributed by atoms with Crippen LogP contribution in [0.2, 0.25) is 0 Å². The van der Waals surface area contributed by atoms with Crippen molar-refractivity contribution in [3.63, 3.8) is 0 Å². The molecule has 0 bridgehead atoms. The summed E-state index contributed by atoms with van der Waals surface area (Å²) in [5.41, 5.74) is 5.86. The Kier molecular flexibility index (Phi) is 5.70. The average molecular weight is 429 g/mol. The number of carbonyl (C=O) groups is 2. The Morgan fingerprint density at radius 3 is 2.03 bits per heavy atom. The Morgan fingerprint density at radius 1 is 0.742 bits per heavy atom. The predicted octanol–water partition coefficient (Wildman–Crippen LogP) is 5.91. The Bertz CT molecular complexity index is 1190. The summed E-state index contributed by atoms with van der Waals surface area (Å²) in [6.07, 6.45) is 0. The predicted molar refractivity (Wildman–Crippen MR) is 127 cm³/mol. The molecule has 31 heavy (non-hydrogen) atoms. The molecule has 0 radical (unpaired) electrons. The van der Waals surface area contributed by atoms with Gasteiger partial charge in [0.2, 0.25) is 0 Å². The Balaban J connectivity index is 1.78. The first kappa shape index (κ1) is 20.9. The third-order valence-corrected chi connectivity index (χ3v) is 6.24. The zero-order chi connectivity index (χ0) is 22.1. The number of benzene rings is 3. The summed E-state index contributed by atoms with van der Waals surface area (Å²) in [6.45, 7) is 7.91. The molecule has 3 aromatic rings. The topological polar surface area (TPSA) is 49.4 Å². The van der Waals surface area contributed by atoms with Gasteiger partial charge >= 0.3 is 0 Å². The van der Waals surface area contributed by atoms with Gasteiger partial charge in [0.15, 0.2) is 0 Å². The third kappa shape index (κ3) is 4.28. The van der Waals surface area contributed by atoms with Gasteiger partial charge in [-0.15, -0.1) is 0 Å². The van der Waals surface area contributed by atoms with Crippen LogP contribution >= 0.6 is 11.8 Å². The van der Waals surface area contributed by atoms with Crippen LogP contribution in [0.15, 0.2) is 82.2 Å². The maximum atomic E-state index is 13.5. The van der Waals surface area contributed by atoms with E-state index in [9.17, 15) is 9.59 Å². The van der Waals surface area contributed by atoms with Gasteiger partial charge in [0.25, 0.3) is 11.8 Å². The fourth-order valence-corrected chi connectivity index (χ4v) is 4.53. The van der Waals surface area contributed by atoms with Crippen LogP contribution in [-0.2, 0) is 9.59 Å². The molecular formula is C26H24N2O2S. The number of amides is 2. The molecule has 1 heterocycles. The minimum absolute atomic E-state index is 0.309. The molecule has 1 aliphatic rings. The second-order valence-corrected chi connectivity index (χ2v) is 8.93. The van der Waals surface area contributed by atoms with Gasteiger partial charge in [-0.25, -0.2) is 4.90 Å². The number of hydrogen-bond acceptors (Lipinski definition) is 4. The van der Waals surface area contributed by atoms with E-state index in [4.69, 9.17) is 0 Å². The molecule has 0 aromatic heterocycles. The minimum Gasteiger partial charge on any atom is -0.350 e. The molecule has 0 atom stereocenters. The number of nitrogens with one attached hydrogen (secondary N) is 1. The number of aryl methyl sites for hydroxylation is 4. The molecule has 1 N–H and O–H groups in total. The number of hydrogen-bond donors (Lipinski definition) is 1. The highest BCUT2D eigenvalue weighted by Crippen LogP contribution is 2.38. The van der Waals surface area contributed by atoms with E-state index in [2.05, 4.69) is 5.32 Å². The Hall–Kier alpha value is -3.31. The first-order valence-electron chi connectivity index (χ1n) is 10.1. The molecule has 4 rings (SSSR count). The van der Waals surface area contributed by atoms with Gasteiger partial charge in [-0.3, -0.25) is 9.59 Å². The highest BCUT2D eigenvalue weighted by atomic mass is 32.2. The summed E-state index contributed by atoms with van der Waals surface area (Å²) in [7, 11) is 0. The first-order chi connectivity index (χ1) is 14.8. The zero-order valence-corrected chi connectivity index (χ0v) is 18.8. The SMILES string of the molecule is Cc1ccc(SC2=C(Nc3ccccc3C)C(=O)N(c3cc(C)cc(C)c3)C2=O)cc1. The lowest BCUT2D eigenvalue weighted by Crippen LogP contribution is -2.32. The van der Waals surface area contributed by atoms with Crippen LogP contribution in [0.3, 0.4) is 0 Å². The second-order valence-electron chi connectivity index (χ2n) is 7.85. The van der Waals surface area contributed by atoms with Crippen LogP contribution < -0.4 is 10.2 Å². The van der Waals surface area contributed by atoms with Gasteiger partial charge < -0.3 is 5.32 Å². The van der Waals surface area contributed by atoms with Gasteiger partial charge in [0.1, 0.15) is 10.6 Å². The molecule has 1 aliphatic heterocycles. The van der Waals surface area contributed by atoms with Crippen molar-refractivity contribution >= 4 is 35.0 Å². The minimum atomic E-state index is -0.340. The number of anilines is 2. The van der Waals surface area contributed by atoms with Crippen molar-refractivity contribution < 1.29 is 9.59 Å². The van der Waals surface area contributed by atoms with Crippen LogP contribution in [0.1, 0.15) is 22.3 Å². The molecule has 0 saturated heterocycles. The molecule has 156 valence electrons. The Morgan fingerprint density at radius 2 is 1.39 bits per heavy atom. The smallest absolute Gasteiger partial charge is 0.283 e. The van der Waals surface area contributed by atoms with Crippen molar-refractivity contribution in [3.05, 3.63) is 99.6 Å². The van der Waals surface area contributed by atoms with Gasteiger partial charge in [-0.05, 0) is 74.7 Å². The monoisotopic (exact) mass is 428 g/mol. The summed E-state index contributed by atoms with van der Waals surface area (Å²) in [6, 6.07) is 21.4. The third-order valence-electron chi connectivity index (χ3n) is 5.15. The van der Waals surface area contributed by atoms with Crippen molar-refractivity contribution in [1.29, 1.82) is 0 Å². The quantitative estimate of drug-likeness (QED) is 0.513. The maximum absolute atomic E-state index is 13.5. The highest BCUT2D eigenvalue weighted by Gasteiger charge is 2.40. The van der Waals surface area contributed by atoms with E-state index in [1.54, 1.807) is 0 Å². The van der Waals surface area contributed by atoms with Gasteiger partial charge in [0, 0.05) is 10.6 Å². The largest absolute Gasteiger partial charge is 0.350 e. The lowest BCUT2D eigenvalue weighted by atomic mass is 10.1. The fraction of sp³-hybridized carbons (Fsp3) is 0.154. The van der Waals surface area contributed by atoms with E-state index in [1.807, 2.05) is 94.4 Å². The molecule has 4 nitrogen and oxygen atoms in total. The van der Waals surface area contributed by atoms with Crippen LogP contribution in [-0.4, -0.2) is 11.8 Å². The lowest BCUT2D eigenvalue weighted by Gasteiger charge is -2.17. The molecule has 0 fully saturated rings. The summed E-state index contributed by atoms with van der Waals surface area (Å²) in [5.74, 6) is -0.649. The van der Waals surface area contributed by atoms with E-state index in [-0.39, 0.29) is 11.8 Å². The number of carbonyl (C=O) groups excluding carboxylic acids is 2. The average Bonchev–Trinajstić information content (AvgIpc) is 2.94. The standard InChI is InChI=1S/C26H24N2O2S/c1-16-9-11-21(12-10-16)31-24-23(27-22-8-6-5-7-19(22)4)25(29)28(26(24)30)20-14-17(2)13-18(3)15-20/h5-15,27H,1-4H3.